The van der Waals surface area contributed by atoms with Crippen LogP contribution < -0.4 is 5.32 Å². The zero-order valence-electron chi connectivity index (χ0n) is 9.08. The van der Waals surface area contributed by atoms with Gasteiger partial charge in [-0.05, 0) is 52.9 Å². The van der Waals surface area contributed by atoms with Gasteiger partial charge in [-0.25, -0.2) is 4.39 Å². The Hall–Kier alpha value is -1.14. The Bertz CT molecular complexity index is 583. The number of carbonyl (C=O) groups excluding carboxylic acids is 1. The number of rotatable bonds is 2. The predicted molar refractivity (Wildman–Crippen MR) is 78.5 cm³/mol. The lowest BCUT2D eigenvalue weighted by Crippen LogP contribution is -2.13. The van der Waals surface area contributed by atoms with Gasteiger partial charge in [-0.2, -0.15) is 0 Å². The van der Waals surface area contributed by atoms with Crippen molar-refractivity contribution < 1.29 is 9.18 Å². The summed E-state index contributed by atoms with van der Waals surface area (Å²) in [4.78, 5) is 11.9. The molecule has 1 amide bonds. The van der Waals surface area contributed by atoms with Crippen molar-refractivity contribution in [2.45, 2.75) is 0 Å². The molecule has 92 valence electrons. The van der Waals surface area contributed by atoms with Gasteiger partial charge >= 0.3 is 0 Å². The molecule has 0 aliphatic carbocycles. The summed E-state index contributed by atoms with van der Waals surface area (Å²) < 4.78 is 14.4. The highest BCUT2D eigenvalue weighted by atomic mass is 127. The lowest BCUT2D eigenvalue weighted by atomic mass is 10.2. The van der Waals surface area contributed by atoms with Crippen LogP contribution in [-0.4, -0.2) is 5.91 Å². The molecule has 2 aromatic rings. The molecule has 0 saturated carbocycles. The monoisotopic (exact) mass is 375 g/mol. The van der Waals surface area contributed by atoms with Crippen molar-refractivity contribution in [2.75, 3.05) is 5.32 Å². The van der Waals surface area contributed by atoms with Gasteiger partial charge in [-0.3, -0.25) is 4.79 Å². The molecule has 2 aromatic carbocycles. The fraction of sp³-hybridized carbons (Fsp3) is 0. The van der Waals surface area contributed by atoms with E-state index in [-0.39, 0.29) is 16.6 Å². The Labute approximate surface area is 122 Å². The van der Waals surface area contributed by atoms with E-state index < -0.39 is 5.82 Å². The Kier molecular flexibility index (Phi) is 4.19. The highest BCUT2D eigenvalue weighted by Gasteiger charge is 2.12. The highest BCUT2D eigenvalue weighted by Crippen LogP contribution is 2.25. The van der Waals surface area contributed by atoms with Crippen LogP contribution in [0.4, 0.5) is 10.1 Å². The Balaban J connectivity index is 2.27. The molecular formula is C13H8ClFINO. The van der Waals surface area contributed by atoms with Crippen LogP contribution in [0.5, 0.6) is 0 Å². The summed E-state index contributed by atoms with van der Waals surface area (Å²) >= 11 is 7.94. The van der Waals surface area contributed by atoms with Crippen LogP contribution >= 0.6 is 34.2 Å². The van der Waals surface area contributed by atoms with Crippen LogP contribution in [0.3, 0.4) is 0 Å². The van der Waals surface area contributed by atoms with Gasteiger partial charge < -0.3 is 5.32 Å². The molecule has 1 N–H and O–H groups in total. The van der Waals surface area contributed by atoms with Gasteiger partial charge in [0, 0.05) is 9.13 Å². The van der Waals surface area contributed by atoms with E-state index in [2.05, 4.69) is 27.9 Å². The summed E-state index contributed by atoms with van der Waals surface area (Å²) in [7, 11) is 0. The van der Waals surface area contributed by atoms with Crippen LogP contribution in [0.1, 0.15) is 10.4 Å². The minimum atomic E-state index is -0.554. The van der Waals surface area contributed by atoms with Gasteiger partial charge in [-0.1, -0.05) is 23.7 Å². The molecular weight excluding hydrogens is 368 g/mol. The number of halogens is 3. The van der Waals surface area contributed by atoms with Crippen molar-refractivity contribution in [3.8, 4) is 0 Å². The maximum absolute atomic E-state index is 13.5. The lowest BCUT2D eigenvalue weighted by molar-refractivity contribution is 0.102. The highest BCUT2D eigenvalue weighted by molar-refractivity contribution is 14.1. The summed E-state index contributed by atoms with van der Waals surface area (Å²) in [5.74, 6) is -0.943. The van der Waals surface area contributed by atoms with E-state index in [4.69, 9.17) is 11.6 Å². The molecule has 0 aromatic heterocycles. The first-order valence-corrected chi connectivity index (χ1v) is 6.54. The van der Waals surface area contributed by atoms with E-state index in [0.717, 1.165) is 3.57 Å². The minimum Gasteiger partial charge on any atom is -0.318 e. The number of nitrogens with one attached hydrogen (secondary N) is 1. The van der Waals surface area contributed by atoms with Crippen molar-refractivity contribution in [1.82, 2.24) is 0 Å². The molecule has 0 radical (unpaired) electrons. The quantitative estimate of drug-likeness (QED) is 0.778. The Morgan fingerprint density at radius 3 is 2.61 bits per heavy atom. The average Bonchev–Trinajstić information content (AvgIpc) is 2.34. The van der Waals surface area contributed by atoms with Crippen molar-refractivity contribution in [3.05, 3.63) is 62.4 Å². The normalized spacial score (nSPS) is 10.2. The van der Waals surface area contributed by atoms with E-state index in [1.807, 2.05) is 6.07 Å². The van der Waals surface area contributed by atoms with E-state index in [1.54, 1.807) is 18.2 Å². The fourth-order valence-electron chi connectivity index (χ4n) is 1.43. The first kappa shape index (κ1) is 13.3. The van der Waals surface area contributed by atoms with Crippen molar-refractivity contribution in [1.29, 1.82) is 0 Å². The topological polar surface area (TPSA) is 29.1 Å². The molecule has 0 atom stereocenters. The first-order valence-electron chi connectivity index (χ1n) is 5.09. The molecule has 2 rings (SSSR count). The second kappa shape index (κ2) is 5.67. The number of hydrogen-bond donors (Lipinski definition) is 1. The Morgan fingerprint density at radius 1 is 1.22 bits per heavy atom. The van der Waals surface area contributed by atoms with Crippen molar-refractivity contribution in [3.63, 3.8) is 0 Å². The third kappa shape index (κ3) is 3.00. The molecule has 0 saturated heterocycles. The number of anilines is 1. The molecule has 5 heteroatoms. The summed E-state index contributed by atoms with van der Waals surface area (Å²) in [5, 5.41) is 2.65. The van der Waals surface area contributed by atoms with Crippen LogP contribution in [0.25, 0.3) is 0 Å². The van der Waals surface area contributed by atoms with Crippen LogP contribution in [0, 0.1) is 9.39 Å². The van der Waals surface area contributed by atoms with Crippen LogP contribution in [0.15, 0.2) is 42.5 Å². The van der Waals surface area contributed by atoms with Crippen LogP contribution in [-0.2, 0) is 0 Å². The minimum absolute atomic E-state index is 0.00280. The molecule has 0 aliphatic heterocycles. The SMILES string of the molecule is O=C(Nc1c(F)cccc1Cl)c1cccc(I)c1. The number of para-hydroxylation sites is 1. The molecule has 18 heavy (non-hydrogen) atoms. The summed E-state index contributed by atoms with van der Waals surface area (Å²) in [6.07, 6.45) is 0. The van der Waals surface area contributed by atoms with E-state index in [0.29, 0.717) is 5.56 Å². The molecule has 0 spiro atoms. The summed E-state index contributed by atoms with van der Waals surface area (Å²) in [5.41, 5.74) is 0.462. The summed E-state index contributed by atoms with van der Waals surface area (Å²) in [6, 6.07) is 11.3. The third-order valence-electron chi connectivity index (χ3n) is 2.29. The van der Waals surface area contributed by atoms with Gasteiger partial charge in [0.05, 0.1) is 10.7 Å². The van der Waals surface area contributed by atoms with Gasteiger partial charge in [0.25, 0.3) is 5.91 Å². The molecule has 0 heterocycles. The first-order chi connectivity index (χ1) is 8.58. The number of benzene rings is 2. The molecule has 2 nitrogen and oxygen atoms in total. The maximum atomic E-state index is 13.5. The van der Waals surface area contributed by atoms with Crippen LogP contribution in [0.2, 0.25) is 5.02 Å². The third-order valence-corrected chi connectivity index (χ3v) is 3.27. The van der Waals surface area contributed by atoms with Gasteiger partial charge in [0.1, 0.15) is 5.82 Å². The number of hydrogen-bond acceptors (Lipinski definition) is 1. The number of amides is 1. The van der Waals surface area contributed by atoms with Gasteiger partial charge in [0.15, 0.2) is 0 Å². The van der Waals surface area contributed by atoms with Gasteiger partial charge in [-0.15, -0.1) is 0 Å². The van der Waals surface area contributed by atoms with E-state index in [1.165, 1.54) is 18.2 Å². The molecule has 0 aliphatic rings. The second-order valence-corrected chi connectivity index (χ2v) is 5.21. The molecule has 0 unspecified atom stereocenters. The van der Waals surface area contributed by atoms with E-state index >= 15 is 0 Å². The standard InChI is InChI=1S/C13H8ClFINO/c14-10-5-2-6-11(15)12(10)17-13(18)8-3-1-4-9(16)7-8/h1-7H,(H,17,18). The average molecular weight is 376 g/mol. The number of carbonyl (C=O) groups is 1. The Morgan fingerprint density at radius 2 is 1.94 bits per heavy atom. The zero-order valence-corrected chi connectivity index (χ0v) is 12.0. The van der Waals surface area contributed by atoms with E-state index in [9.17, 15) is 9.18 Å². The molecule has 0 fully saturated rings. The predicted octanol–water partition coefficient (Wildman–Crippen LogP) is 4.34. The largest absolute Gasteiger partial charge is 0.318 e. The molecule has 0 bridgehead atoms. The summed E-state index contributed by atoms with van der Waals surface area (Å²) in [6.45, 7) is 0. The maximum Gasteiger partial charge on any atom is 0.255 e. The van der Waals surface area contributed by atoms with Gasteiger partial charge in [0.2, 0.25) is 0 Å². The lowest BCUT2D eigenvalue weighted by Gasteiger charge is -2.08. The van der Waals surface area contributed by atoms with Crippen molar-refractivity contribution in [2.24, 2.45) is 0 Å². The second-order valence-electron chi connectivity index (χ2n) is 3.56. The van der Waals surface area contributed by atoms with Crippen molar-refractivity contribution >= 4 is 45.8 Å². The fourth-order valence-corrected chi connectivity index (χ4v) is 2.19. The zero-order chi connectivity index (χ0) is 13.1. The smallest absolute Gasteiger partial charge is 0.255 e.